The van der Waals surface area contributed by atoms with Crippen LogP contribution in [0.5, 0.6) is 46.0 Å². The molecule has 2 aliphatic rings. The summed E-state index contributed by atoms with van der Waals surface area (Å²) in [6.07, 6.45) is 11.2. The summed E-state index contributed by atoms with van der Waals surface area (Å²) < 4.78 is 52.2. The van der Waals surface area contributed by atoms with Gasteiger partial charge in [-0.15, -0.1) is 0 Å². The van der Waals surface area contributed by atoms with Crippen LogP contribution in [0.3, 0.4) is 0 Å². The maximum atomic E-state index is 10.2. The van der Waals surface area contributed by atoms with Gasteiger partial charge in [-0.25, -0.2) is 0 Å². The molecule has 0 aliphatic heterocycles. The van der Waals surface area contributed by atoms with E-state index in [4.69, 9.17) is 37.9 Å². The van der Waals surface area contributed by atoms with E-state index in [1.807, 2.05) is 48.5 Å². The van der Waals surface area contributed by atoms with Crippen LogP contribution in [-0.2, 0) is 51.4 Å². The van der Waals surface area contributed by atoms with Crippen molar-refractivity contribution < 1.29 is 37.9 Å². The zero-order valence-corrected chi connectivity index (χ0v) is 57.6. The second-order valence-electron chi connectivity index (χ2n) is 24.8. The molecule has 12 heteroatoms. The highest BCUT2D eigenvalue weighted by molar-refractivity contribution is 5.62. The molecule has 0 aromatic heterocycles. The average molecular weight is 1290 g/mol. The van der Waals surface area contributed by atoms with Gasteiger partial charge in [0.2, 0.25) is 0 Å². The molecule has 0 atom stereocenters. The summed E-state index contributed by atoms with van der Waals surface area (Å²) in [5, 5.41) is 40.6. The Bertz CT molecular complexity index is 3450. The molecule has 10 rings (SSSR count). The Morgan fingerprint density at radius 3 is 0.458 bits per heavy atom. The van der Waals surface area contributed by atoms with Crippen LogP contribution in [0, 0.1) is 45.3 Å². The zero-order chi connectivity index (χ0) is 67.8. The van der Waals surface area contributed by atoms with Gasteiger partial charge in [0, 0.05) is 95.9 Å². The number of hydrogen-bond donors (Lipinski definition) is 0. The van der Waals surface area contributed by atoms with Gasteiger partial charge in [0.25, 0.3) is 0 Å². The first-order valence-corrected chi connectivity index (χ1v) is 34.7. The first-order chi connectivity index (χ1) is 47.0. The zero-order valence-electron chi connectivity index (χ0n) is 57.6. The number of nitrogens with zero attached hydrogens (tertiary/aromatic N) is 4. The van der Waals surface area contributed by atoms with Crippen molar-refractivity contribution in [1.82, 2.24) is 0 Å². The Labute approximate surface area is 569 Å². The first-order valence-electron chi connectivity index (χ1n) is 34.7. The monoisotopic (exact) mass is 1280 g/mol. The molecular formula is C84H92N4O8. The summed E-state index contributed by atoms with van der Waals surface area (Å²) >= 11 is 0. The van der Waals surface area contributed by atoms with Crippen molar-refractivity contribution in [1.29, 1.82) is 21.0 Å². The van der Waals surface area contributed by atoms with E-state index in [1.54, 1.807) is 0 Å². The number of rotatable bonds is 24. The Hall–Kier alpha value is -9.88. The standard InChI is InChI=1S/2C42H46N2O4/c2*1-5-15-45-39-31-11-9-12-32(39)24-36-20-30(28-44)22-38(42(36)48-18-8-4)26-34-14-10-13-33(40(34)46-16-6-2)25-37-21-29(27-43)19-35(23-31)41(37)47-17-7-3/h2*9-14,19-22H,5-8,15-18,23-26H2,1-4H3. The molecule has 0 saturated heterocycles. The molecule has 12 nitrogen and oxygen atoms in total. The van der Waals surface area contributed by atoms with Gasteiger partial charge >= 0.3 is 0 Å². The predicted octanol–water partition coefficient (Wildman–Crippen LogP) is 18.5. The maximum Gasteiger partial charge on any atom is 0.126 e. The SMILES string of the molecule is CCCOc1c2cccc1Cc1cc(C#N)cc(c1OCCC)Cc1cccc(c1OCCC)Cc1cc(C#N)cc(c1OCCC)C2.CCCOc1c2cccc1Cc1cc(C#N)cc(c1OCCC)Cc1cccc(c1OCCC)Cc1cc(C#N)cc(c1OCCC)C2. The second kappa shape index (κ2) is 35.6. The molecule has 0 heterocycles. The van der Waals surface area contributed by atoms with E-state index >= 15 is 0 Å². The van der Waals surface area contributed by atoms with Crippen LogP contribution >= 0.6 is 0 Å². The molecular weight excluding hydrogens is 1190 g/mol. The summed E-state index contributed by atoms with van der Waals surface area (Å²) in [5.41, 5.74) is 18.2. The van der Waals surface area contributed by atoms with Crippen LogP contribution < -0.4 is 37.9 Å². The number of hydrogen-bond acceptors (Lipinski definition) is 12. The molecule has 0 radical (unpaired) electrons. The lowest BCUT2D eigenvalue weighted by Crippen LogP contribution is -2.10. The van der Waals surface area contributed by atoms with Crippen molar-refractivity contribution in [2.75, 3.05) is 52.9 Å². The lowest BCUT2D eigenvalue weighted by Gasteiger charge is -2.23. The summed E-state index contributed by atoms with van der Waals surface area (Å²) in [7, 11) is 0. The minimum Gasteiger partial charge on any atom is -0.493 e. The number of para-hydroxylation sites is 4. The third kappa shape index (κ3) is 17.5. The molecule has 0 amide bonds. The third-order valence-corrected chi connectivity index (χ3v) is 16.9. The highest BCUT2D eigenvalue weighted by Crippen LogP contribution is 2.43. The van der Waals surface area contributed by atoms with Gasteiger partial charge in [0.05, 0.1) is 99.4 Å². The van der Waals surface area contributed by atoms with Crippen LogP contribution in [0.25, 0.3) is 0 Å². The molecule has 0 saturated carbocycles. The number of fused-ring (bicyclic) bond motifs is 16. The fourth-order valence-corrected chi connectivity index (χ4v) is 12.7. The Morgan fingerprint density at radius 2 is 0.344 bits per heavy atom. The van der Waals surface area contributed by atoms with E-state index in [0.29, 0.717) is 126 Å². The fourth-order valence-electron chi connectivity index (χ4n) is 12.7. The Morgan fingerprint density at radius 1 is 0.219 bits per heavy atom. The average Bonchev–Trinajstić information content (AvgIpc) is 0.795. The van der Waals surface area contributed by atoms with Crippen LogP contribution in [0.4, 0.5) is 0 Å². The van der Waals surface area contributed by atoms with Crippen LogP contribution in [0.15, 0.2) is 121 Å². The normalized spacial score (nSPS) is 12.0. The molecule has 0 N–H and O–H groups in total. The molecule has 0 unspecified atom stereocenters. The molecule has 2 aliphatic carbocycles. The largest absolute Gasteiger partial charge is 0.493 e. The van der Waals surface area contributed by atoms with E-state index in [2.05, 4.69) is 152 Å². The second-order valence-corrected chi connectivity index (χ2v) is 24.8. The molecule has 8 aromatic carbocycles. The van der Waals surface area contributed by atoms with E-state index < -0.39 is 0 Å². The number of nitriles is 4. The molecule has 16 bridgehead atoms. The van der Waals surface area contributed by atoms with Gasteiger partial charge in [0.1, 0.15) is 46.0 Å². The Kier molecular flexibility index (Phi) is 26.1. The van der Waals surface area contributed by atoms with Crippen molar-refractivity contribution in [3.05, 3.63) is 233 Å². The first kappa shape index (κ1) is 70.4. The van der Waals surface area contributed by atoms with Crippen molar-refractivity contribution in [3.8, 4) is 70.3 Å². The Balaban J connectivity index is 0.000000225. The van der Waals surface area contributed by atoms with E-state index in [9.17, 15) is 21.0 Å². The van der Waals surface area contributed by atoms with Gasteiger partial charge in [0.15, 0.2) is 0 Å². The van der Waals surface area contributed by atoms with Gasteiger partial charge in [-0.1, -0.05) is 128 Å². The van der Waals surface area contributed by atoms with Gasteiger partial charge < -0.3 is 37.9 Å². The van der Waals surface area contributed by atoms with Crippen molar-refractivity contribution >= 4 is 0 Å². The molecule has 496 valence electrons. The van der Waals surface area contributed by atoms with Crippen LogP contribution in [-0.4, -0.2) is 52.9 Å². The van der Waals surface area contributed by atoms with Crippen molar-refractivity contribution in [3.63, 3.8) is 0 Å². The molecule has 0 fully saturated rings. The minimum atomic E-state index is 0.538. The molecule has 0 spiro atoms. The summed E-state index contributed by atoms with van der Waals surface area (Å²) in [4.78, 5) is 0. The topological polar surface area (TPSA) is 169 Å². The van der Waals surface area contributed by atoms with E-state index in [1.165, 1.54) is 0 Å². The predicted molar refractivity (Wildman–Crippen MR) is 379 cm³/mol. The highest BCUT2D eigenvalue weighted by atomic mass is 16.5. The quantitative estimate of drug-likeness (QED) is 0.0562. The van der Waals surface area contributed by atoms with Crippen LogP contribution in [0.1, 0.15) is 218 Å². The summed E-state index contributed by atoms with van der Waals surface area (Å²) in [6.45, 7) is 21.4. The summed E-state index contributed by atoms with van der Waals surface area (Å²) in [5.74, 6) is 6.62. The third-order valence-electron chi connectivity index (χ3n) is 16.9. The smallest absolute Gasteiger partial charge is 0.126 e. The van der Waals surface area contributed by atoms with Gasteiger partial charge in [-0.3, -0.25) is 0 Å². The van der Waals surface area contributed by atoms with Gasteiger partial charge in [-0.2, -0.15) is 21.0 Å². The van der Waals surface area contributed by atoms with Crippen LogP contribution in [0.2, 0.25) is 0 Å². The highest BCUT2D eigenvalue weighted by Gasteiger charge is 2.26. The molecule has 96 heavy (non-hydrogen) atoms. The lowest BCUT2D eigenvalue weighted by atomic mass is 9.90. The lowest BCUT2D eigenvalue weighted by molar-refractivity contribution is 0.304. The number of benzene rings is 8. The van der Waals surface area contributed by atoms with Crippen molar-refractivity contribution in [2.45, 2.75) is 158 Å². The van der Waals surface area contributed by atoms with Gasteiger partial charge in [-0.05, 0) is 144 Å². The number of ether oxygens (including phenoxy) is 8. The summed E-state index contributed by atoms with van der Waals surface area (Å²) in [6, 6.07) is 50.4. The molecule has 8 aromatic rings. The minimum absolute atomic E-state index is 0.538. The van der Waals surface area contributed by atoms with E-state index in [0.717, 1.165) is 186 Å². The maximum absolute atomic E-state index is 10.2. The van der Waals surface area contributed by atoms with Crippen molar-refractivity contribution in [2.24, 2.45) is 0 Å². The fraction of sp³-hybridized carbons (Fsp3) is 0.381. The van der Waals surface area contributed by atoms with E-state index in [-0.39, 0.29) is 0 Å².